The minimum absolute atomic E-state index is 0.00556. The van der Waals surface area contributed by atoms with E-state index in [9.17, 15) is 4.79 Å². The topological polar surface area (TPSA) is 61.4 Å². The van der Waals surface area contributed by atoms with Crippen molar-refractivity contribution in [3.63, 3.8) is 0 Å². The summed E-state index contributed by atoms with van der Waals surface area (Å²) in [6.07, 6.45) is 2.30. The molecule has 1 fully saturated rings. The Morgan fingerprint density at radius 2 is 2.54 bits per heavy atom. The van der Waals surface area contributed by atoms with Gasteiger partial charge in [-0.3, -0.25) is 4.79 Å². The van der Waals surface area contributed by atoms with Gasteiger partial charge in [-0.25, -0.2) is 0 Å². The van der Waals surface area contributed by atoms with E-state index in [1.165, 1.54) is 0 Å². The molecule has 4 nitrogen and oxygen atoms in total. The van der Waals surface area contributed by atoms with Crippen LogP contribution in [-0.4, -0.2) is 36.2 Å². The summed E-state index contributed by atoms with van der Waals surface area (Å²) in [5.41, 5.74) is 0. The van der Waals surface area contributed by atoms with Crippen molar-refractivity contribution in [1.82, 2.24) is 10.6 Å². The molecule has 1 saturated heterocycles. The SMILES string of the molecule is C[C@@H](O)CCNC(=O)[C@H]1CCCN1. The molecule has 0 aromatic carbocycles. The van der Waals surface area contributed by atoms with E-state index >= 15 is 0 Å². The van der Waals surface area contributed by atoms with Crippen molar-refractivity contribution >= 4 is 5.91 Å². The summed E-state index contributed by atoms with van der Waals surface area (Å²) < 4.78 is 0. The molecule has 1 aliphatic rings. The lowest BCUT2D eigenvalue weighted by Crippen LogP contribution is -2.41. The number of rotatable bonds is 4. The fraction of sp³-hybridized carbons (Fsp3) is 0.889. The van der Waals surface area contributed by atoms with E-state index in [2.05, 4.69) is 10.6 Å². The standard InChI is InChI=1S/C9H18N2O2/c1-7(12)4-6-11-9(13)8-3-2-5-10-8/h7-8,10,12H,2-6H2,1H3,(H,11,13)/t7-,8-/m1/s1. The van der Waals surface area contributed by atoms with Crippen molar-refractivity contribution in [3.05, 3.63) is 0 Å². The zero-order chi connectivity index (χ0) is 9.68. The van der Waals surface area contributed by atoms with Gasteiger partial charge in [-0.2, -0.15) is 0 Å². The first kappa shape index (κ1) is 10.5. The third-order valence-corrected chi connectivity index (χ3v) is 2.24. The van der Waals surface area contributed by atoms with Crippen LogP contribution in [0.25, 0.3) is 0 Å². The van der Waals surface area contributed by atoms with Crippen LogP contribution in [0, 0.1) is 0 Å². The van der Waals surface area contributed by atoms with Crippen molar-refractivity contribution < 1.29 is 9.90 Å². The third kappa shape index (κ3) is 3.74. The maximum absolute atomic E-state index is 11.4. The maximum atomic E-state index is 11.4. The van der Waals surface area contributed by atoms with Gasteiger partial charge >= 0.3 is 0 Å². The number of aliphatic hydroxyl groups excluding tert-OH is 1. The maximum Gasteiger partial charge on any atom is 0.237 e. The molecular weight excluding hydrogens is 168 g/mol. The number of carbonyl (C=O) groups excluding carboxylic acids is 1. The predicted molar refractivity (Wildman–Crippen MR) is 50.3 cm³/mol. The second-order valence-electron chi connectivity index (χ2n) is 3.58. The summed E-state index contributed by atoms with van der Waals surface area (Å²) in [4.78, 5) is 11.4. The van der Waals surface area contributed by atoms with Crippen molar-refractivity contribution in [1.29, 1.82) is 0 Å². The van der Waals surface area contributed by atoms with Crippen LogP contribution in [0.4, 0.5) is 0 Å². The average Bonchev–Trinajstić information content (AvgIpc) is 2.55. The number of hydrogen-bond acceptors (Lipinski definition) is 3. The van der Waals surface area contributed by atoms with Gasteiger partial charge in [0.2, 0.25) is 5.91 Å². The monoisotopic (exact) mass is 186 g/mol. The summed E-state index contributed by atoms with van der Waals surface area (Å²) in [6, 6.07) is -0.00556. The Bertz CT molecular complexity index is 165. The Morgan fingerprint density at radius 3 is 3.08 bits per heavy atom. The normalized spacial score (nSPS) is 24.3. The van der Waals surface area contributed by atoms with Crippen molar-refractivity contribution in [2.45, 2.75) is 38.3 Å². The summed E-state index contributed by atoms with van der Waals surface area (Å²) in [5, 5.41) is 14.9. The quantitative estimate of drug-likeness (QED) is 0.561. The second-order valence-corrected chi connectivity index (χ2v) is 3.58. The molecule has 0 aromatic rings. The van der Waals surface area contributed by atoms with E-state index < -0.39 is 0 Å². The Balaban J connectivity index is 2.10. The number of amides is 1. The molecule has 76 valence electrons. The van der Waals surface area contributed by atoms with Gasteiger partial charge in [-0.1, -0.05) is 0 Å². The molecule has 0 unspecified atom stereocenters. The van der Waals surface area contributed by atoms with Crippen molar-refractivity contribution in [2.24, 2.45) is 0 Å². The Hall–Kier alpha value is -0.610. The molecule has 0 saturated carbocycles. The van der Waals surface area contributed by atoms with Crippen molar-refractivity contribution in [2.75, 3.05) is 13.1 Å². The summed E-state index contributed by atoms with van der Waals surface area (Å²) in [6.45, 7) is 3.23. The number of carbonyl (C=O) groups is 1. The molecule has 4 heteroatoms. The molecule has 1 rings (SSSR count). The Labute approximate surface area is 78.7 Å². The molecule has 3 N–H and O–H groups in total. The molecule has 0 aromatic heterocycles. The zero-order valence-electron chi connectivity index (χ0n) is 8.05. The van der Waals surface area contributed by atoms with Gasteiger partial charge in [0.05, 0.1) is 12.1 Å². The van der Waals surface area contributed by atoms with Crippen LogP contribution in [0.3, 0.4) is 0 Å². The number of nitrogens with one attached hydrogen (secondary N) is 2. The van der Waals surface area contributed by atoms with Gasteiger partial charge in [0, 0.05) is 6.54 Å². The molecule has 1 aliphatic heterocycles. The highest BCUT2D eigenvalue weighted by atomic mass is 16.3. The van der Waals surface area contributed by atoms with E-state index in [1.807, 2.05) is 0 Å². The lowest BCUT2D eigenvalue weighted by molar-refractivity contribution is -0.122. The smallest absolute Gasteiger partial charge is 0.237 e. The first-order valence-corrected chi connectivity index (χ1v) is 4.89. The first-order valence-electron chi connectivity index (χ1n) is 4.89. The van der Waals surface area contributed by atoms with Crippen LogP contribution in [-0.2, 0) is 4.79 Å². The van der Waals surface area contributed by atoms with E-state index in [0.29, 0.717) is 13.0 Å². The lowest BCUT2D eigenvalue weighted by Gasteiger charge is -2.11. The van der Waals surface area contributed by atoms with Gasteiger partial charge in [0.1, 0.15) is 0 Å². The van der Waals surface area contributed by atoms with Crippen LogP contribution in [0.5, 0.6) is 0 Å². The molecule has 2 atom stereocenters. The van der Waals surface area contributed by atoms with E-state index in [1.54, 1.807) is 6.92 Å². The lowest BCUT2D eigenvalue weighted by atomic mass is 10.2. The highest BCUT2D eigenvalue weighted by Crippen LogP contribution is 2.04. The van der Waals surface area contributed by atoms with Gasteiger partial charge in [-0.15, -0.1) is 0 Å². The third-order valence-electron chi connectivity index (χ3n) is 2.24. The average molecular weight is 186 g/mol. The van der Waals surface area contributed by atoms with Crippen LogP contribution in [0.1, 0.15) is 26.2 Å². The van der Waals surface area contributed by atoms with Gasteiger partial charge in [-0.05, 0) is 32.7 Å². The summed E-state index contributed by atoms with van der Waals surface area (Å²) in [5.74, 6) is 0.0677. The van der Waals surface area contributed by atoms with Crippen LogP contribution in [0.15, 0.2) is 0 Å². The molecule has 0 bridgehead atoms. The van der Waals surface area contributed by atoms with E-state index in [-0.39, 0.29) is 18.1 Å². The van der Waals surface area contributed by atoms with Crippen molar-refractivity contribution in [3.8, 4) is 0 Å². The molecular formula is C9H18N2O2. The zero-order valence-corrected chi connectivity index (χ0v) is 8.05. The molecule has 13 heavy (non-hydrogen) atoms. The minimum Gasteiger partial charge on any atom is -0.393 e. The summed E-state index contributed by atoms with van der Waals surface area (Å²) >= 11 is 0. The largest absolute Gasteiger partial charge is 0.393 e. The van der Waals surface area contributed by atoms with Gasteiger partial charge in [0.25, 0.3) is 0 Å². The Morgan fingerprint density at radius 1 is 1.77 bits per heavy atom. The molecule has 0 spiro atoms. The fourth-order valence-electron chi connectivity index (χ4n) is 1.44. The summed E-state index contributed by atoms with van der Waals surface area (Å²) in [7, 11) is 0. The number of aliphatic hydroxyl groups is 1. The van der Waals surface area contributed by atoms with Crippen LogP contribution < -0.4 is 10.6 Å². The van der Waals surface area contributed by atoms with E-state index in [4.69, 9.17) is 5.11 Å². The van der Waals surface area contributed by atoms with Crippen LogP contribution >= 0.6 is 0 Å². The highest BCUT2D eigenvalue weighted by molar-refractivity contribution is 5.81. The van der Waals surface area contributed by atoms with Crippen LogP contribution in [0.2, 0.25) is 0 Å². The van der Waals surface area contributed by atoms with E-state index in [0.717, 1.165) is 19.4 Å². The molecule has 0 radical (unpaired) electrons. The Kier molecular flexibility index (Phi) is 4.18. The predicted octanol–water partition coefficient (Wildman–Crippen LogP) is -0.374. The highest BCUT2D eigenvalue weighted by Gasteiger charge is 2.21. The molecule has 1 amide bonds. The fourth-order valence-corrected chi connectivity index (χ4v) is 1.44. The number of hydrogen-bond donors (Lipinski definition) is 3. The van der Waals surface area contributed by atoms with Gasteiger partial charge in [0.15, 0.2) is 0 Å². The first-order chi connectivity index (χ1) is 6.20. The van der Waals surface area contributed by atoms with Gasteiger partial charge < -0.3 is 15.7 Å². The minimum atomic E-state index is -0.336. The second kappa shape index (κ2) is 5.19. The molecule has 1 heterocycles. The molecule has 0 aliphatic carbocycles.